The highest BCUT2D eigenvalue weighted by Crippen LogP contribution is 2.44. The molecule has 3 nitrogen and oxygen atoms in total. The standard InChI is InChI=1S/C26H32N2O/c1-4-24(27)26(21-8-6-5-7-9-21)13-10-22(11-14-26)29-25-18(2)16-20-17-28-15-12-23(20)19(25)3/h5-9,12,15-17,22,24H,4,10-11,13-14,27H2,1-3H3/t22?,24-,26?/m0/s1. The van der Waals surface area contributed by atoms with Crippen molar-refractivity contribution in [2.45, 2.75) is 70.4 Å². The lowest BCUT2D eigenvalue weighted by atomic mass is 9.64. The van der Waals surface area contributed by atoms with Gasteiger partial charge in [-0.3, -0.25) is 4.98 Å². The average Bonchev–Trinajstić information content (AvgIpc) is 2.77. The number of fused-ring (bicyclic) bond motifs is 1. The SMILES string of the molecule is CC[C@H](N)C1(c2ccccc2)CCC(Oc2c(C)cc3cnccc3c2C)CC1. The van der Waals surface area contributed by atoms with Crippen molar-refractivity contribution in [1.82, 2.24) is 4.98 Å². The van der Waals surface area contributed by atoms with Crippen molar-refractivity contribution in [3.8, 4) is 5.75 Å². The van der Waals surface area contributed by atoms with Gasteiger partial charge in [0.05, 0.1) is 6.10 Å². The van der Waals surface area contributed by atoms with E-state index < -0.39 is 0 Å². The third-order valence-corrected chi connectivity index (χ3v) is 6.93. The van der Waals surface area contributed by atoms with E-state index >= 15 is 0 Å². The highest BCUT2D eigenvalue weighted by Gasteiger charge is 2.41. The lowest BCUT2D eigenvalue weighted by molar-refractivity contribution is 0.102. The fourth-order valence-electron chi connectivity index (χ4n) is 5.19. The van der Waals surface area contributed by atoms with Gasteiger partial charge in [0.1, 0.15) is 5.75 Å². The van der Waals surface area contributed by atoms with Crippen LogP contribution >= 0.6 is 0 Å². The lowest BCUT2D eigenvalue weighted by Gasteiger charge is -2.44. The molecule has 0 aliphatic heterocycles. The summed E-state index contributed by atoms with van der Waals surface area (Å²) in [5, 5.41) is 2.40. The molecular weight excluding hydrogens is 356 g/mol. The molecule has 1 aliphatic carbocycles. The largest absolute Gasteiger partial charge is 0.490 e. The fourth-order valence-corrected chi connectivity index (χ4v) is 5.19. The van der Waals surface area contributed by atoms with Crippen LogP contribution in [0.5, 0.6) is 5.75 Å². The first-order chi connectivity index (χ1) is 14.0. The molecule has 1 atom stereocenters. The van der Waals surface area contributed by atoms with Gasteiger partial charge in [0.15, 0.2) is 0 Å². The first-order valence-corrected chi connectivity index (χ1v) is 10.9. The molecule has 1 saturated carbocycles. The molecular formula is C26H32N2O. The van der Waals surface area contributed by atoms with Crippen LogP contribution in [0.4, 0.5) is 0 Å². The number of aromatic nitrogens is 1. The van der Waals surface area contributed by atoms with E-state index in [0.29, 0.717) is 0 Å². The molecule has 1 heterocycles. The molecule has 0 unspecified atom stereocenters. The van der Waals surface area contributed by atoms with Crippen LogP contribution in [0.15, 0.2) is 54.9 Å². The zero-order chi connectivity index (χ0) is 20.4. The Morgan fingerprint density at radius 2 is 1.86 bits per heavy atom. The minimum atomic E-state index is 0.0645. The number of rotatable bonds is 5. The average molecular weight is 389 g/mol. The molecule has 4 rings (SSSR count). The van der Waals surface area contributed by atoms with E-state index in [4.69, 9.17) is 10.5 Å². The number of benzene rings is 2. The van der Waals surface area contributed by atoms with E-state index in [1.807, 2.05) is 12.4 Å². The summed E-state index contributed by atoms with van der Waals surface area (Å²) in [5.74, 6) is 1.04. The van der Waals surface area contributed by atoms with Gasteiger partial charge >= 0.3 is 0 Å². The van der Waals surface area contributed by atoms with Crippen LogP contribution < -0.4 is 10.5 Å². The Labute approximate surface area is 174 Å². The van der Waals surface area contributed by atoms with E-state index in [1.54, 1.807) is 0 Å². The van der Waals surface area contributed by atoms with E-state index in [-0.39, 0.29) is 17.6 Å². The Morgan fingerprint density at radius 3 is 2.55 bits per heavy atom. The van der Waals surface area contributed by atoms with Gasteiger partial charge < -0.3 is 10.5 Å². The molecule has 2 N–H and O–H groups in total. The zero-order valence-electron chi connectivity index (χ0n) is 17.8. The Balaban J connectivity index is 1.56. The maximum absolute atomic E-state index is 6.68. The van der Waals surface area contributed by atoms with Crippen molar-refractivity contribution in [1.29, 1.82) is 0 Å². The van der Waals surface area contributed by atoms with Gasteiger partial charge in [0.2, 0.25) is 0 Å². The Hall–Kier alpha value is -2.39. The number of hydrogen-bond donors (Lipinski definition) is 1. The molecule has 29 heavy (non-hydrogen) atoms. The van der Waals surface area contributed by atoms with Crippen molar-refractivity contribution in [2.75, 3.05) is 0 Å². The molecule has 0 amide bonds. The molecule has 3 heteroatoms. The molecule has 3 aromatic rings. The summed E-state index contributed by atoms with van der Waals surface area (Å²) in [7, 11) is 0. The Morgan fingerprint density at radius 1 is 1.14 bits per heavy atom. The van der Waals surface area contributed by atoms with E-state index in [0.717, 1.165) is 37.9 Å². The van der Waals surface area contributed by atoms with Crippen LogP contribution in [0.1, 0.15) is 55.7 Å². The summed E-state index contributed by atoms with van der Waals surface area (Å²) in [6, 6.07) is 15.3. The zero-order valence-corrected chi connectivity index (χ0v) is 17.8. The number of ether oxygens (including phenoxy) is 1. The summed E-state index contributed by atoms with van der Waals surface area (Å²) in [6.07, 6.45) is 9.25. The predicted molar refractivity (Wildman–Crippen MR) is 120 cm³/mol. The maximum Gasteiger partial charge on any atom is 0.126 e. The van der Waals surface area contributed by atoms with Gasteiger partial charge in [-0.1, -0.05) is 37.3 Å². The van der Waals surface area contributed by atoms with Crippen LogP contribution in [0.3, 0.4) is 0 Å². The minimum absolute atomic E-state index is 0.0645. The number of aryl methyl sites for hydroxylation is 2. The third-order valence-electron chi connectivity index (χ3n) is 6.93. The fraction of sp³-hybridized carbons (Fsp3) is 0.423. The smallest absolute Gasteiger partial charge is 0.126 e. The normalized spacial score (nSPS) is 23.1. The second-order valence-corrected chi connectivity index (χ2v) is 8.60. The van der Waals surface area contributed by atoms with Gasteiger partial charge in [-0.2, -0.15) is 0 Å². The Kier molecular flexibility index (Phi) is 5.60. The van der Waals surface area contributed by atoms with Crippen molar-refractivity contribution < 1.29 is 4.74 Å². The van der Waals surface area contributed by atoms with Crippen LogP contribution in [0.25, 0.3) is 10.8 Å². The van der Waals surface area contributed by atoms with Crippen molar-refractivity contribution in [3.63, 3.8) is 0 Å². The second kappa shape index (κ2) is 8.16. The lowest BCUT2D eigenvalue weighted by Crippen LogP contribution is -2.48. The molecule has 1 aromatic heterocycles. The van der Waals surface area contributed by atoms with Crippen LogP contribution in [0.2, 0.25) is 0 Å². The first kappa shape index (κ1) is 19.9. The number of nitrogens with two attached hydrogens (primary N) is 1. The van der Waals surface area contributed by atoms with Gasteiger partial charge in [0, 0.05) is 29.2 Å². The van der Waals surface area contributed by atoms with Crippen LogP contribution in [-0.2, 0) is 5.41 Å². The maximum atomic E-state index is 6.68. The first-order valence-electron chi connectivity index (χ1n) is 10.9. The van der Waals surface area contributed by atoms with Gasteiger partial charge in [-0.05, 0) is 80.2 Å². The van der Waals surface area contributed by atoms with Gasteiger partial charge in [-0.25, -0.2) is 0 Å². The molecule has 1 fully saturated rings. The van der Waals surface area contributed by atoms with Gasteiger partial charge in [-0.15, -0.1) is 0 Å². The van der Waals surface area contributed by atoms with E-state index in [1.165, 1.54) is 27.5 Å². The molecule has 152 valence electrons. The Bertz CT molecular complexity index is 975. The highest BCUT2D eigenvalue weighted by atomic mass is 16.5. The van der Waals surface area contributed by atoms with Crippen molar-refractivity contribution >= 4 is 10.8 Å². The van der Waals surface area contributed by atoms with Crippen LogP contribution in [0, 0.1) is 13.8 Å². The monoisotopic (exact) mass is 388 g/mol. The van der Waals surface area contributed by atoms with Crippen molar-refractivity contribution in [2.24, 2.45) is 5.73 Å². The highest BCUT2D eigenvalue weighted by molar-refractivity contribution is 5.87. The quantitative estimate of drug-likeness (QED) is 0.596. The topological polar surface area (TPSA) is 48.1 Å². The third kappa shape index (κ3) is 3.64. The number of hydrogen-bond acceptors (Lipinski definition) is 3. The second-order valence-electron chi connectivity index (χ2n) is 8.60. The molecule has 0 saturated heterocycles. The van der Waals surface area contributed by atoms with Crippen LogP contribution in [-0.4, -0.2) is 17.1 Å². The summed E-state index contributed by atoms with van der Waals surface area (Å²) >= 11 is 0. The summed E-state index contributed by atoms with van der Waals surface area (Å²) in [5.41, 5.74) is 10.5. The molecule has 0 radical (unpaired) electrons. The van der Waals surface area contributed by atoms with Crippen molar-refractivity contribution in [3.05, 3.63) is 71.5 Å². The number of nitrogens with zero attached hydrogens (tertiary/aromatic N) is 1. The van der Waals surface area contributed by atoms with E-state index in [2.05, 4.69) is 68.2 Å². The van der Waals surface area contributed by atoms with E-state index in [9.17, 15) is 0 Å². The molecule has 1 aliphatic rings. The molecule has 2 aromatic carbocycles. The molecule has 0 bridgehead atoms. The molecule has 0 spiro atoms. The minimum Gasteiger partial charge on any atom is -0.490 e. The number of pyridine rings is 1. The summed E-state index contributed by atoms with van der Waals surface area (Å²) in [6.45, 7) is 6.50. The van der Waals surface area contributed by atoms with Gasteiger partial charge in [0.25, 0.3) is 0 Å². The predicted octanol–water partition coefficient (Wildman–Crippen LogP) is 5.85. The summed E-state index contributed by atoms with van der Waals surface area (Å²) in [4.78, 5) is 4.26. The summed E-state index contributed by atoms with van der Waals surface area (Å²) < 4.78 is 6.61.